The molecular formula is C13H10N2O5. The number of carboxylic acid groups (broad SMARTS) is 1. The van der Waals surface area contributed by atoms with E-state index in [0.717, 1.165) is 0 Å². The SMILES string of the molecule is O=C(O)c1ccc(=O)n(Cc2ccc([N+](=O)[O-])cc2)c1. The third-order valence-electron chi connectivity index (χ3n) is 2.73. The van der Waals surface area contributed by atoms with Crippen molar-refractivity contribution in [2.24, 2.45) is 0 Å². The number of aromatic carboxylic acids is 1. The molecule has 0 spiro atoms. The summed E-state index contributed by atoms with van der Waals surface area (Å²) in [6.07, 6.45) is 1.24. The third-order valence-corrected chi connectivity index (χ3v) is 2.73. The Balaban J connectivity index is 2.29. The zero-order chi connectivity index (χ0) is 14.7. The quantitative estimate of drug-likeness (QED) is 0.672. The van der Waals surface area contributed by atoms with Gasteiger partial charge in [-0.3, -0.25) is 14.9 Å². The fourth-order valence-electron chi connectivity index (χ4n) is 1.70. The van der Waals surface area contributed by atoms with Crippen LogP contribution >= 0.6 is 0 Å². The highest BCUT2D eigenvalue weighted by Gasteiger charge is 2.07. The largest absolute Gasteiger partial charge is 0.478 e. The fourth-order valence-corrected chi connectivity index (χ4v) is 1.70. The lowest BCUT2D eigenvalue weighted by Gasteiger charge is -2.06. The molecule has 7 heteroatoms. The van der Waals surface area contributed by atoms with Crippen LogP contribution in [0.15, 0.2) is 47.4 Å². The summed E-state index contributed by atoms with van der Waals surface area (Å²) in [7, 11) is 0. The maximum atomic E-state index is 11.6. The second-order valence-corrected chi connectivity index (χ2v) is 4.11. The number of pyridine rings is 1. The Morgan fingerprint density at radius 1 is 1.20 bits per heavy atom. The van der Waals surface area contributed by atoms with Crippen molar-refractivity contribution in [1.82, 2.24) is 4.57 Å². The Kier molecular flexibility index (Phi) is 3.60. The number of carbonyl (C=O) groups is 1. The van der Waals surface area contributed by atoms with Crippen molar-refractivity contribution in [1.29, 1.82) is 0 Å². The molecule has 0 bridgehead atoms. The summed E-state index contributed by atoms with van der Waals surface area (Å²) in [5.41, 5.74) is 0.292. The summed E-state index contributed by atoms with van der Waals surface area (Å²) < 4.78 is 1.24. The zero-order valence-corrected chi connectivity index (χ0v) is 10.2. The molecule has 0 atom stereocenters. The van der Waals surface area contributed by atoms with Gasteiger partial charge in [-0.1, -0.05) is 12.1 Å². The molecule has 1 aromatic carbocycles. The van der Waals surface area contributed by atoms with Crippen LogP contribution in [-0.4, -0.2) is 20.6 Å². The standard InChI is InChI=1S/C13H10N2O5/c16-12-6-3-10(13(17)18)8-14(12)7-9-1-4-11(5-2-9)15(19)20/h1-6,8H,7H2,(H,17,18). The van der Waals surface area contributed by atoms with Gasteiger partial charge >= 0.3 is 5.97 Å². The summed E-state index contributed by atoms with van der Waals surface area (Å²) in [5, 5.41) is 19.4. The van der Waals surface area contributed by atoms with Crippen LogP contribution in [0.1, 0.15) is 15.9 Å². The second-order valence-electron chi connectivity index (χ2n) is 4.11. The number of hydrogen-bond donors (Lipinski definition) is 1. The first-order chi connectivity index (χ1) is 9.47. The van der Waals surface area contributed by atoms with Crippen molar-refractivity contribution < 1.29 is 14.8 Å². The molecule has 102 valence electrons. The summed E-state index contributed by atoms with van der Waals surface area (Å²) in [4.78, 5) is 32.5. The number of rotatable bonds is 4. The topological polar surface area (TPSA) is 102 Å². The van der Waals surface area contributed by atoms with Gasteiger partial charge in [-0.05, 0) is 11.6 Å². The van der Waals surface area contributed by atoms with E-state index in [1.807, 2.05) is 0 Å². The average Bonchev–Trinajstić information content (AvgIpc) is 2.41. The molecule has 0 aliphatic heterocycles. The highest BCUT2D eigenvalue weighted by atomic mass is 16.6. The summed E-state index contributed by atoms with van der Waals surface area (Å²) in [6.45, 7) is 0.151. The van der Waals surface area contributed by atoms with Crippen LogP contribution in [0.5, 0.6) is 0 Å². The first-order valence-electron chi connectivity index (χ1n) is 5.64. The minimum atomic E-state index is -1.12. The number of aromatic nitrogens is 1. The molecule has 0 radical (unpaired) electrons. The number of hydrogen-bond acceptors (Lipinski definition) is 4. The van der Waals surface area contributed by atoms with Gasteiger partial charge < -0.3 is 9.67 Å². The van der Waals surface area contributed by atoms with Crippen LogP contribution in [0.25, 0.3) is 0 Å². The average molecular weight is 274 g/mol. The van der Waals surface area contributed by atoms with E-state index < -0.39 is 10.9 Å². The summed E-state index contributed by atoms with van der Waals surface area (Å²) in [5.74, 6) is -1.12. The third kappa shape index (κ3) is 2.89. The molecule has 0 saturated heterocycles. The maximum Gasteiger partial charge on any atom is 0.337 e. The lowest BCUT2D eigenvalue weighted by Crippen LogP contribution is -2.20. The molecule has 0 unspecified atom stereocenters. The molecule has 20 heavy (non-hydrogen) atoms. The van der Waals surface area contributed by atoms with Gasteiger partial charge in [-0.15, -0.1) is 0 Å². The predicted octanol–water partition coefficient (Wildman–Crippen LogP) is 1.50. The van der Waals surface area contributed by atoms with Crippen molar-refractivity contribution in [3.8, 4) is 0 Å². The first kappa shape index (κ1) is 13.5. The maximum absolute atomic E-state index is 11.6. The van der Waals surface area contributed by atoms with Crippen LogP contribution in [0, 0.1) is 10.1 Å². The van der Waals surface area contributed by atoms with Gasteiger partial charge in [0.1, 0.15) is 0 Å². The number of benzene rings is 1. The molecule has 0 aliphatic rings. The fraction of sp³-hybridized carbons (Fsp3) is 0.0769. The van der Waals surface area contributed by atoms with E-state index in [1.54, 1.807) is 0 Å². The highest BCUT2D eigenvalue weighted by molar-refractivity contribution is 5.87. The molecule has 0 fully saturated rings. The number of nitrogens with zero attached hydrogens (tertiary/aromatic N) is 2. The van der Waals surface area contributed by atoms with Crippen LogP contribution in [-0.2, 0) is 6.54 Å². The van der Waals surface area contributed by atoms with Gasteiger partial charge in [0.05, 0.1) is 17.0 Å². The van der Waals surface area contributed by atoms with Gasteiger partial charge in [0.25, 0.3) is 11.2 Å². The van der Waals surface area contributed by atoms with E-state index >= 15 is 0 Å². The van der Waals surface area contributed by atoms with Gasteiger partial charge in [0.15, 0.2) is 0 Å². The molecule has 0 aliphatic carbocycles. The Bertz CT molecular complexity index is 718. The minimum absolute atomic E-state index is 0.00603. The normalized spacial score (nSPS) is 10.2. The summed E-state index contributed by atoms with van der Waals surface area (Å²) in [6, 6.07) is 8.13. The molecule has 1 heterocycles. The monoisotopic (exact) mass is 274 g/mol. The zero-order valence-electron chi connectivity index (χ0n) is 10.2. The van der Waals surface area contributed by atoms with E-state index in [2.05, 4.69) is 0 Å². The minimum Gasteiger partial charge on any atom is -0.478 e. The molecule has 2 aromatic rings. The van der Waals surface area contributed by atoms with Crippen LogP contribution in [0.4, 0.5) is 5.69 Å². The summed E-state index contributed by atoms with van der Waals surface area (Å²) >= 11 is 0. The number of carboxylic acids is 1. The van der Waals surface area contributed by atoms with Gasteiger partial charge in [-0.2, -0.15) is 0 Å². The Morgan fingerprint density at radius 2 is 1.85 bits per heavy atom. The highest BCUT2D eigenvalue weighted by Crippen LogP contribution is 2.12. The van der Waals surface area contributed by atoms with E-state index in [-0.39, 0.29) is 23.4 Å². The molecule has 1 aromatic heterocycles. The lowest BCUT2D eigenvalue weighted by atomic mass is 10.2. The van der Waals surface area contributed by atoms with Crippen molar-refractivity contribution in [2.45, 2.75) is 6.54 Å². The molecule has 0 saturated carbocycles. The van der Waals surface area contributed by atoms with Crippen molar-refractivity contribution in [3.63, 3.8) is 0 Å². The van der Waals surface area contributed by atoms with E-state index in [1.165, 1.54) is 47.2 Å². The first-order valence-corrected chi connectivity index (χ1v) is 5.64. The van der Waals surface area contributed by atoms with Crippen LogP contribution in [0.2, 0.25) is 0 Å². The van der Waals surface area contributed by atoms with Gasteiger partial charge in [0, 0.05) is 24.4 Å². The van der Waals surface area contributed by atoms with Crippen molar-refractivity contribution >= 4 is 11.7 Å². The van der Waals surface area contributed by atoms with E-state index in [9.17, 15) is 19.7 Å². The Morgan fingerprint density at radius 3 is 2.40 bits per heavy atom. The second kappa shape index (κ2) is 5.35. The number of non-ortho nitro benzene ring substituents is 1. The Labute approximate surface area is 112 Å². The molecule has 1 N–H and O–H groups in total. The van der Waals surface area contributed by atoms with Gasteiger partial charge in [-0.25, -0.2) is 4.79 Å². The molecular weight excluding hydrogens is 264 g/mol. The smallest absolute Gasteiger partial charge is 0.337 e. The number of nitro groups is 1. The van der Waals surface area contributed by atoms with Crippen molar-refractivity contribution in [2.75, 3.05) is 0 Å². The van der Waals surface area contributed by atoms with Crippen molar-refractivity contribution in [3.05, 3.63) is 74.2 Å². The van der Waals surface area contributed by atoms with Crippen LogP contribution < -0.4 is 5.56 Å². The lowest BCUT2D eigenvalue weighted by molar-refractivity contribution is -0.384. The van der Waals surface area contributed by atoms with E-state index in [0.29, 0.717) is 5.56 Å². The number of nitro benzene ring substituents is 1. The van der Waals surface area contributed by atoms with Crippen LogP contribution in [0.3, 0.4) is 0 Å². The van der Waals surface area contributed by atoms with Gasteiger partial charge in [0.2, 0.25) is 0 Å². The predicted molar refractivity (Wildman–Crippen MR) is 69.9 cm³/mol. The Hall–Kier alpha value is -2.96. The van der Waals surface area contributed by atoms with E-state index in [4.69, 9.17) is 5.11 Å². The molecule has 0 amide bonds. The molecule has 7 nitrogen and oxygen atoms in total. The molecule has 2 rings (SSSR count).